The molecule has 0 radical (unpaired) electrons. The van der Waals surface area contributed by atoms with E-state index in [2.05, 4.69) is 26.0 Å². The van der Waals surface area contributed by atoms with Crippen molar-refractivity contribution in [2.45, 2.75) is 38.5 Å². The van der Waals surface area contributed by atoms with Gasteiger partial charge in [-0.05, 0) is 60.1 Å². The Morgan fingerprint density at radius 3 is 1.85 bits per heavy atom. The fourth-order valence-electron chi connectivity index (χ4n) is 3.41. The average Bonchev–Trinajstić information content (AvgIpc) is 2.67. The van der Waals surface area contributed by atoms with Gasteiger partial charge in [-0.2, -0.15) is 0 Å². The van der Waals surface area contributed by atoms with E-state index in [0.29, 0.717) is 43.3 Å². The Morgan fingerprint density at radius 2 is 1.35 bits per heavy atom. The lowest BCUT2D eigenvalue weighted by atomic mass is 9.78. The van der Waals surface area contributed by atoms with Crippen LogP contribution in [0.15, 0.2) is 48.5 Å². The van der Waals surface area contributed by atoms with Crippen molar-refractivity contribution in [1.82, 2.24) is 0 Å². The smallest absolute Gasteiger partial charge is 0.119 e. The molecule has 4 heteroatoms. The molecule has 1 N–H and O–H groups in total. The van der Waals surface area contributed by atoms with Crippen LogP contribution in [0.2, 0.25) is 0 Å². The molecule has 0 bridgehead atoms. The third-order valence-electron chi connectivity index (χ3n) is 4.71. The van der Waals surface area contributed by atoms with Gasteiger partial charge in [0.1, 0.15) is 18.1 Å². The fourth-order valence-corrected chi connectivity index (χ4v) is 3.52. The Bertz CT molecular complexity index is 625. The minimum absolute atomic E-state index is 0.313. The summed E-state index contributed by atoms with van der Waals surface area (Å²) in [6.07, 6.45) is 2.12. The number of aromatic hydroxyl groups is 1. The number of rotatable bonds is 11. The van der Waals surface area contributed by atoms with Gasteiger partial charge in [-0.15, -0.1) is 11.6 Å². The number of hydrogen-bond acceptors (Lipinski definition) is 3. The lowest BCUT2D eigenvalue weighted by molar-refractivity contribution is 0.111. The molecular weight excluding hydrogens is 348 g/mol. The Labute approximate surface area is 161 Å². The number of phenolic OH excluding ortho intramolecular Hbond substituents is 1. The van der Waals surface area contributed by atoms with Crippen LogP contribution >= 0.6 is 11.6 Å². The topological polar surface area (TPSA) is 38.7 Å². The largest absolute Gasteiger partial charge is 0.508 e. The Morgan fingerprint density at radius 1 is 0.808 bits per heavy atom. The number of alkyl halides is 1. The third-order valence-corrected chi connectivity index (χ3v) is 4.87. The molecule has 26 heavy (non-hydrogen) atoms. The van der Waals surface area contributed by atoms with Crippen LogP contribution in [0.1, 0.15) is 49.7 Å². The lowest BCUT2D eigenvalue weighted by Crippen LogP contribution is -2.11. The first-order valence-electron chi connectivity index (χ1n) is 9.35. The molecule has 2 aromatic carbocycles. The summed E-state index contributed by atoms with van der Waals surface area (Å²) in [5.74, 6) is 2.54. The van der Waals surface area contributed by atoms with Gasteiger partial charge in [0, 0.05) is 5.88 Å². The van der Waals surface area contributed by atoms with E-state index < -0.39 is 0 Å². The van der Waals surface area contributed by atoms with Crippen LogP contribution in [0, 0.1) is 0 Å². The van der Waals surface area contributed by atoms with Crippen LogP contribution in [0.5, 0.6) is 11.5 Å². The molecule has 0 heterocycles. The van der Waals surface area contributed by atoms with Gasteiger partial charge in [-0.1, -0.05) is 38.1 Å². The first-order valence-corrected chi connectivity index (χ1v) is 9.88. The second-order valence-corrected chi connectivity index (χ2v) is 6.72. The quantitative estimate of drug-likeness (QED) is 0.403. The predicted octanol–water partition coefficient (Wildman–Crippen LogP) is 5.71. The van der Waals surface area contributed by atoms with E-state index in [1.165, 1.54) is 11.1 Å². The van der Waals surface area contributed by atoms with Gasteiger partial charge < -0.3 is 14.6 Å². The van der Waals surface area contributed by atoms with E-state index in [1.807, 2.05) is 24.3 Å². The molecule has 0 aliphatic carbocycles. The summed E-state index contributed by atoms with van der Waals surface area (Å²) in [7, 11) is 0. The Hall–Kier alpha value is -1.71. The molecular formula is C22H29ClO3. The highest BCUT2D eigenvalue weighted by atomic mass is 35.5. The number of phenols is 1. The van der Waals surface area contributed by atoms with Crippen LogP contribution < -0.4 is 4.74 Å². The maximum Gasteiger partial charge on any atom is 0.119 e. The molecule has 0 fully saturated rings. The zero-order valence-electron chi connectivity index (χ0n) is 15.7. The molecule has 0 aromatic heterocycles. The van der Waals surface area contributed by atoms with Gasteiger partial charge in [-0.25, -0.2) is 0 Å². The van der Waals surface area contributed by atoms with Crippen molar-refractivity contribution in [3.05, 3.63) is 59.7 Å². The number of hydrogen-bond donors (Lipinski definition) is 1. The highest BCUT2D eigenvalue weighted by Crippen LogP contribution is 2.38. The molecule has 0 spiro atoms. The van der Waals surface area contributed by atoms with Crippen molar-refractivity contribution >= 4 is 11.6 Å². The van der Waals surface area contributed by atoms with E-state index in [1.54, 1.807) is 12.1 Å². The Balaban J connectivity index is 2.02. The fraction of sp³-hybridized carbons (Fsp3) is 0.455. The van der Waals surface area contributed by atoms with Gasteiger partial charge in [0.05, 0.1) is 13.2 Å². The first kappa shape index (κ1) is 20.6. The molecule has 0 saturated heterocycles. The van der Waals surface area contributed by atoms with Crippen molar-refractivity contribution in [2.75, 3.05) is 25.7 Å². The summed E-state index contributed by atoms with van der Waals surface area (Å²) in [5, 5.41) is 9.54. The molecule has 3 nitrogen and oxygen atoms in total. The summed E-state index contributed by atoms with van der Waals surface area (Å²) in [6, 6.07) is 16.0. The van der Waals surface area contributed by atoms with Gasteiger partial charge >= 0.3 is 0 Å². The minimum Gasteiger partial charge on any atom is -0.508 e. The van der Waals surface area contributed by atoms with Crippen molar-refractivity contribution in [3.8, 4) is 11.5 Å². The normalized spacial score (nSPS) is 13.3. The van der Waals surface area contributed by atoms with Crippen LogP contribution in [0.25, 0.3) is 0 Å². The summed E-state index contributed by atoms with van der Waals surface area (Å²) >= 11 is 5.57. The predicted molar refractivity (Wildman–Crippen MR) is 108 cm³/mol. The molecule has 142 valence electrons. The molecule has 2 aromatic rings. The molecule has 0 saturated carbocycles. The van der Waals surface area contributed by atoms with Gasteiger partial charge in [0.15, 0.2) is 0 Å². The van der Waals surface area contributed by atoms with Gasteiger partial charge in [0.25, 0.3) is 0 Å². The molecule has 0 amide bonds. The Kier molecular flexibility index (Phi) is 8.79. The number of benzene rings is 2. The van der Waals surface area contributed by atoms with Crippen LogP contribution in [0.3, 0.4) is 0 Å². The zero-order chi connectivity index (χ0) is 18.8. The highest BCUT2D eigenvalue weighted by molar-refractivity contribution is 6.17. The molecule has 2 atom stereocenters. The van der Waals surface area contributed by atoms with Gasteiger partial charge in [-0.3, -0.25) is 0 Å². The van der Waals surface area contributed by atoms with E-state index in [4.69, 9.17) is 21.1 Å². The third kappa shape index (κ3) is 5.93. The van der Waals surface area contributed by atoms with E-state index in [0.717, 1.165) is 18.6 Å². The molecule has 0 unspecified atom stereocenters. The summed E-state index contributed by atoms with van der Waals surface area (Å²) in [4.78, 5) is 0. The standard InChI is InChI=1S/C22H29ClO3/c1-3-21(17-5-9-19(24)10-6-17)22(4-2)18-7-11-20(12-8-18)26-16-15-25-14-13-23/h5-12,21-22,24H,3-4,13-16H2,1-2H3/t21-,22+/m1/s1. The number of halogens is 1. The van der Waals surface area contributed by atoms with E-state index in [9.17, 15) is 5.11 Å². The van der Waals surface area contributed by atoms with Crippen molar-refractivity contribution in [3.63, 3.8) is 0 Å². The molecule has 2 rings (SSSR count). The highest BCUT2D eigenvalue weighted by Gasteiger charge is 2.22. The van der Waals surface area contributed by atoms with Crippen LogP contribution in [-0.2, 0) is 4.74 Å². The minimum atomic E-state index is 0.313. The lowest BCUT2D eigenvalue weighted by Gasteiger charge is -2.26. The van der Waals surface area contributed by atoms with E-state index >= 15 is 0 Å². The summed E-state index contributed by atoms with van der Waals surface area (Å²) in [6.45, 7) is 6.08. The van der Waals surface area contributed by atoms with Crippen molar-refractivity contribution in [2.24, 2.45) is 0 Å². The monoisotopic (exact) mass is 376 g/mol. The second-order valence-electron chi connectivity index (χ2n) is 6.34. The van der Waals surface area contributed by atoms with Crippen LogP contribution in [0.4, 0.5) is 0 Å². The van der Waals surface area contributed by atoms with Crippen molar-refractivity contribution < 1.29 is 14.6 Å². The zero-order valence-corrected chi connectivity index (χ0v) is 16.4. The molecule has 0 aliphatic rings. The SMILES string of the molecule is CC[C@H](c1ccc(O)cc1)[C@@H](CC)c1ccc(OCCOCCCl)cc1. The molecule has 0 aliphatic heterocycles. The van der Waals surface area contributed by atoms with E-state index in [-0.39, 0.29) is 0 Å². The maximum atomic E-state index is 9.54. The maximum absolute atomic E-state index is 9.54. The summed E-state index contributed by atoms with van der Waals surface area (Å²) < 4.78 is 11.0. The van der Waals surface area contributed by atoms with Crippen LogP contribution in [-0.4, -0.2) is 30.8 Å². The van der Waals surface area contributed by atoms with Crippen molar-refractivity contribution in [1.29, 1.82) is 0 Å². The average molecular weight is 377 g/mol. The van der Waals surface area contributed by atoms with Gasteiger partial charge in [0.2, 0.25) is 0 Å². The second kappa shape index (κ2) is 11.1. The summed E-state index contributed by atoms with van der Waals surface area (Å²) in [5.41, 5.74) is 2.59. The first-order chi connectivity index (χ1) is 12.7. The number of ether oxygens (including phenoxy) is 2.